The second-order valence-corrected chi connectivity index (χ2v) is 6.18. The van der Waals surface area contributed by atoms with Crippen molar-refractivity contribution in [3.05, 3.63) is 83.9 Å². The molecule has 0 aliphatic rings. The summed E-state index contributed by atoms with van der Waals surface area (Å²) in [5, 5.41) is 0.708. The summed E-state index contributed by atoms with van der Waals surface area (Å²) in [5.41, 5.74) is 3.21. The standard InChI is InChI=1S/C21H17ClN2O/c22-17-10-12-18(13-11-17)25-15-14-24-20-9-5-4-8-19(20)23-21(24)16-6-2-1-3-7-16/h1-13H,14-15H2. The molecule has 0 bridgehead atoms. The van der Waals surface area contributed by atoms with E-state index in [1.807, 2.05) is 60.7 Å². The lowest BCUT2D eigenvalue weighted by atomic mass is 10.2. The molecular weight excluding hydrogens is 332 g/mol. The van der Waals surface area contributed by atoms with Crippen LogP contribution in [0.1, 0.15) is 0 Å². The molecule has 0 amide bonds. The molecule has 0 atom stereocenters. The third-order valence-electron chi connectivity index (χ3n) is 4.08. The fourth-order valence-corrected chi connectivity index (χ4v) is 3.02. The van der Waals surface area contributed by atoms with E-state index in [0.29, 0.717) is 18.2 Å². The van der Waals surface area contributed by atoms with E-state index in [0.717, 1.165) is 28.2 Å². The van der Waals surface area contributed by atoms with E-state index in [1.165, 1.54) is 0 Å². The van der Waals surface area contributed by atoms with Crippen LogP contribution in [0.15, 0.2) is 78.9 Å². The average molecular weight is 349 g/mol. The van der Waals surface area contributed by atoms with E-state index in [2.05, 4.69) is 22.8 Å². The van der Waals surface area contributed by atoms with Crippen molar-refractivity contribution in [1.29, 1.82) is 0 Å². The summed E-state index contributed by atoms with van der Waals surface area (Å²) >= 11 is 5.91. The number of imidazole rings is 1. The molecule has 0 fully saturated rings. The van der Waals surface area contributed by atoms with Crippen LogP contribution in [0, 0.1) is 0 Å². The number of halogens is 1. The number of benzene rings is 3. The summed E-state index contributed by atoms with van der Waals surface area (Å²) in [6.45, 7) is 1.27. The highest BCUT2D eigenvalue weighted by Gasteiger charge is 2.12. The highest BCUT2D eigenvalue weighted by molar-refractivity contribution is 6.30. The third kappa shape index (κ3) is 3.37. The predicted molar refractivity (Wildman–Crippen MR) is 102 cm³/mol. The number of para-hydroxylation sites is 2. The van der Waals surface area contributed by atoms with E-state index in [1.54, 1.807) is 0 Å². The molecule has 124 valence electrons. The van der Waals surface area contributed by atoms with Crippen molar-refractivity contribution in [1.82, 2.24) is 9.55 Å². The molecular formula is C21H17ClN2O. The summed E-state index contributed by atoms with van der Waals surface area (Å²) in [6.07, 6.45) is 0. The largest absolute Gasteiger partial charge is 0.492 e. The Morgan fingerprint density at radius 1 is 0.840 bits per heavy atom. The normalized spacial score (nSPS) is 10.9. The Bertz CT molecular complexity index is 978. The number of ether oxygens (including phenoxy) is 1. The Labute approximate surface area is 151 Å². The predicted octanol–water partition coefficient (Wildman–Crippen LogP) is 5.44. The molecule has 0 aliphatic heterocycles. The lowest BCUT2D eigenvalue weighted by Gasteiger charge is -2.11. The smallest absolute Gasteiger partial charge is 0.141 e. The molecule has 0 saturated carbocycles. The molecule has 0 N–H and O–H groups in total. The molecule has 1 aromatic heterocycles. The molecule has 3 aromatic carbocycles. The molecule has 0 spiro atoms. The van der Waals surface area contributed by atoms with Gasteiger partial charge in [0.2, 0.25) is 0 Å². The highest BCUT2D eigenvalue weighted by atomic mass is 35.5. The quantitative estimate of drug-likeness (QED) is 0.480. The Kier molecular flexibility index (Phi) is 4.40. The van der Waals surface area contributed by atoms with E-state index < -0.39 is 0 Å². The number of hydrogen-bond donors (Lipinski definition) is 0. The molecule has 0 aliphatic carbocycles. The minimum Gasteiger partial charge on any atom is -0.492 e. The van der Waals surface area contributed by atoms with E-state index in [9.17, 15) is 0 Å². The first-order valence-corrected chi connectivity index (χ1v) is 8.58. The SMILES string of the molecule is Clc1ccc(OCCn2c(-c3ccccc3)nc3ccccc32)cc1. The van der Waals surface area contributed by atoms with Crippen LogP contribution < -0.4 is 4.74 Å². The average Bonchev–Trinajstić information content (AvgIpc) is 3.03. The zero-order chi connectivity index (χ0) is 17.1. The lowest BCUT2D eigenvalue weighted by Crippen LogP contribution is -2.09. The number of aromatic nitrogens is 2. The van der Waals surface area contributed by atoms with Crippen molar-refractivity contribution in [2.24, 2.45) is 0 Å². The van der Waals surface area contributed by atoms with Gasteiger partial charge in [0.15, 0.2) is 0 Å². The van der Waals surface area contributed by atoms with Crippen molar-refractivity contribution in [3.8, 4) is 17.1 Å². The van der Waals surface area contributed by atoms with Crippen LogP contribution in [0.2, 0.25) is 5.02 Å². The van der Waals surface area contributed by atoms with Gasteiger partial charge < -0.3 is 9.30 Å². The van der Waals surface area contributed by atoms with Crippen molar-refractivity contribution >= 4 is 22.6 Å². The molecule has 0 radical (unpaired) electrons. The maximum absolute atomic E-state index is 5.91. The number of hydrogen-bond acceptors (Lipinski definition) is 2. The molecule has 4 heteroatoms. The second kappa shape index (κ2) is 6.99. The van der Waals surface area contributed by atoms with Crippen LogP contribution in [0.4, 0.5) is 0 Å². The summed E-state index contributed by atoms with van der Waals surface area (Å²) in [7, 11) is 0. The molecule has 1 heterocycles. The van der Waals surface area contributed by atoms with Gasteiger partial charge in [-0.15, -0.1) is 0 Å². The van der Waals surface area contributed by atoms with Gasteiger partial charge in [-0.3, -0.25) is 0 Å². The van der Waals surface area contributed by atoms with Crippen LogP contribution in [0.25, 0.3) is 22.4 Å². The van der Waals surface area contributed by atoms with Gasteiger partial charge in [0.25, 0.3) is 0 Å². The Morgan fingerprint density at radius 3 is 2.36 bits per heavy atom. The first kappa shape index (κ1) is 15.7. The molecule has 3 nitrogen and oxygen atoms in total. The zero-order valence-corrected chi connectivity index (χ0v) is 14.4. The first-order chi connectivity index (χ1) is 12.3. The maximum Gasteiger partial charge on any atom is 0.141 e. The molecule has 4 aromatic rings. The van der Waals surface area contributed by atoms with Gasteiger partial charge in [0.1, 0.15) is 18.2 Å². The van der Waals surface area contributed by atoms with Gasteiger partial charge in [0, 0.05) is 10.6 Å². The zero-order valence-electron chi connectivity index (χ0n) is 13.6. The van der Waals surface area contributed by atoms with Gasteiger partial charge in [-0.1, -0.05) is 54.1 Å². The van der Waals surface area contributed by atoms with Crippen molar-refractivity contribution in [2.75, 3.05) is 6.61 Å². The molecule has 4 rings (SSSR count). The van der Waals surface area contributed by atoms with Gasteiger partial charge in [-0.2, -0.15) is 0 Å². The fraction of sp³-hybridized carbons (Fsp3) is 0.0952. The summed E-state index contributed by atoms with van der Waals surface area (Å²) in [5.74, 6) is 1.77. The molecule has 0 unspecified atom stereocenters. The fourth-order valence-electron chi connectivity index (χ4n) is 2.90. The Morgan fingerprint density at radius 2 is 1.56 bits per heavy atom. The van der Waals surface area contributed by atoms with Gasteiger partial charge >= 0.3 is 0 Å². The molecule has 0 saturated heterocycles. The third-order valence-corrected chi connectivity index (χ3v) is 4.34. The van der Waals surface area contributed by atoms with E-state index in [4.69, 9.17) is 21.3 Å². The highest BCUT2D eigenvalue weighted by Crippen LogP contribution is 2.24. The topological polar surface area (TPSA) is 27.1 Å². The van der Waals surface area contributed by atoms with Crippen LogP contribution >= 0.6 is 11.6 Å². The number of rotatable bonds is 5. The Balaban J connectivity index is 1.62. The Hall–Kier alpha value is -2.78. The van der Waals surface area contributed by atoms with Crippen LogP contribution in [0.5, 0.6) is 5.75 Å². The monoisotopic (exact) mass is 348 g/mol. The van der Waals surface area contributed by atoms with E-state index in [-0.39, 0.29) is 0 Å². The minimum atomic E-state index is 0.557. The van der Waals surface area contributed by atoms with Gasteiger partial charge in [-0.05, 0) is 36.4 Å². The summed E-state index contributed by atoms with van der Waals surface area (Å²) in [6, 6.07) is 25.8. The van der Waals surface area contributed by atoms with Crippen molar-refractivity contribution in [3.63, 3.8) is 0 Å². The number of nitrogens with zero attached hydrogens (tertiary/aromatic N) is 2. The van der Waals surface area contributed by atoms with Crippen molar-refractivity contribution < 1.29 is 4.74 Å². The lowest BCUT2D eigenvalue weighted by molar-refractivity contribution is 0.301. The minimum absolute atomic E-state index is 0.557. The van der Waals surface area contributed by atoms with Crippen LogP contribution in [0.3, 0.4) is 0 Å². The first-order valence-electron chi connectivity index (χ1n) is 8.20. The van der Waals surface area contributed by atoms with Crippen LogP contribution in [-0.2, 0) is 6.54 Å². The summed E-state index contributed by atoms with van der Waals surface area (Å²) in [4.78, 5) is 4.81. The second-order valence-electron chi connectivity index (χ2n) is 5.74. The number of fused-ring (bicyclic) bond motifs is 1. The maximum atomic E-state index is 5.91. The van der Waals surface area contributed by atoms with Gasteiger partial charge in [0.05, 0.1) is 17.6 Å². The van der Waals surface area contributed by atoms with Crippen molar-refractivity contribution in [2.45, 2.75) is 6.54 Å². The molecule has 25 heavy (non-hydrogen) atoms. The summed E-state index contributed by atoms with van der Waals surface area (Å²) < 4.78 is 8.08. The van der Waals surface area contributed by atoms with E-state index >= 15 is 0 Å². The van der Waals surface area contributed by atoms with Crippen LogP contribution in [-0.4, -0.2) is 16.2 Å². The van der Waals surface area contributed by atoms with Gasteiger partial charge in [-0.25, -0.2) is 4.98 Å².